The lowest BCUT2D eigenvalue weighted by Gasteiger charge is -2.14. The molecule has 1 saturated carbocycles. The lowest BCUT2D eigenvalue weighted by atomic mass is 10.00. The average Bonchev–Trinajstić information content (AvgIpc) is 3.39. The van der Waals surface area contributed by atoms with E-state index >= 15 is 0 Å². The number of anilines is 1. The van der Waals surface area contributed by atoms with Crippen molar-refractivity contribution in [2.24, 2.45) is 0 Å². The molecule has 1 fully saturated rings. The van der Waals surface area contributed by atoms with Gasteiger partial charge in [-0.3, -0.25) is 9.82 Å². The largest absolute Gasteiger partial charge is 0.283 e. The van der Waals surface area contributed by atoms with Crippen LogP contribution in [0.4, 0.5) is 18.9 Å². The summed E-state index contributed by atoms with van der Waals surface area (Å²) in [6, 6.07) is 8.01. The average molecular weight is 407 g/mol. The molecule has 146 valence electrons. The molecule has 2 aromatic carbocycles. The lowest BCUT2D eigenvalue weighted by molar-refractivity contribution is 0.500. The van der Waals surface area contributed by atoms with Crippen molar-refractivity contribution in [1.82, 2.24) is 10.2 Å². The second kappa shape index (κ2) is 6.97. The summed E-state index contributed by atoms with van der Waals surface area (Å²) in [6.07, 6.45) is 2.28. The van der Waals surface area contributed by atoms with Crippen LogP contribution in [0.5, 0.6) is 0 Å². The highest BCUT2D eigenvalue weighted by atomic mass is 32.2. The molecule has 0 saturated heterocycles. The van der Waals surface area contributed by atoms with Crippen LogP contribution in [0.3, 0.4) is 0 Å². The van der Waals surface area contributed by atoms with Crippen LogP contribution in [0.2, 0.25) is 0 Å². The monoisotopic (exact) mass is 407 g/mol. The zero-order valence-electron chi connectivity index (χ0n) is 14.5. The summed E-state index contributed by atoms with van der Waals surface area (Å²) < 4.78 is 69.5. The lowest BCUT2D eigenvalue weighted by Crippen LogP contribution is -2.19. The normalized spacial score (nSPS) is 14.2. The fraction of sp³-hybridized carbons (Fsp3) is 0.211. The van der Waals surface area contributed by atoms with E-state index in [2.05, 4.69) is 14.9 Å². The van der Waals surface area contributed by atoms with Crippen molar-refractivity contribution in [2.45, 2.75) is 24.5 Å². The SMILES string of the molecule is O=S(=O)(Nc1ccc(F)c(F)c1Cc1ccc(-c2ccn[nH]2)cc1F)C1CC1. The summed E-state index contributed by atoms with van der Waals surface area (Å²) in [6.45, 7) is 0. The molecular formula is C19H16F3N3O2S. The van der Waals surface area contributed by atoms with E-state index in [4.69, 9.17) is 0 Å². The molecule has 0 radical (unpaired) electrons. The molecule has 5 nitrogen and oxygen atoms in total. The van der Waals surface area contributed by atoms with E-state index in [0.717, 1.165) is 12.1 Å². The summed E-state index contributed by atoms with van der Waals surface area (Å²) in [5.41, 5.74) is 0.952. The first-order valence-corrected chi connectivity index (χ1v) is 10.2. The smallest absolute Gasteiger partial charge is 0.235 e. The second-order valence-electron chi connectivity index (χ2n) is 6.69. The van der Waals surface area contributed by atoms with Crippen molar-refractivity contribution in [3.8, 4) is 11.3 Å². The topological polar surface area (TPSA) is 74.8 Å². The zero-order valence-corrected chi connectivity index (χ0v) is 15.4. The van der Waals surface area contributed by atoms with Gasteiger partial charge in [-0.1, -0.05) is 12.1 Å². The van der Waals surface area contributed by atoms with Crippen LogP contribution in [-0.4, -0.2) is 23.9 Å². The van der Waals surface area contributed by atoms with E-state index in [1.54, 1.807) is 12.1 Å². The Balaban J connectivity index is 1.68. The van der Waals surface area contributed by atoms with Crippen LogP contribution in [-0.2, 0) is 16.4 Å². The number of nitrogens with one attached hydrogen (secondary N) is 2. The number of hydrogen-bond acceptors (Lipinski definition) is 3. The Morgan fingerprint density at radius 3 is 2.50 bits per heavy atom. The van der Waals surface area contributed by atoms with Gasteiger partial charge in [0.2, 0.25) is 10.0 Å². The third-order valence-corrected chi connectivity index (χ3v) is 6.50. The van der Waals surface area contributed by atoms with Gasteiger partial charge in [-0.2, -0.15) is 5.10 Å². The molecule has 1 aliphatic carbocycles. The Morgan fingerprint density at radius 1 is 1.07 bits per heavy atom. The number of hydrogen-bond donors (Lipinski definition) is 2. The van der Waals surface area contributed by atoms with Crippen molar-refractivity contribution >= 4 is 15.7 Å². The number of nitrogens with zero attached hydrogens (tertiary/aromatic N) is 1. The molecule has 0 aliphatic heterocycles. The van der Waals surface area contributed by atoms with E-state index in [1.165, 1.54) is 18.3 Å². The Kier molecular flexibility index (Phi) is 4.62. The van der Waals surface area contributed by atoms with Crippen LogP contribution in [0, 0.1) is 17.5 Å². The molecule has 9 heteroatoms. The number of aromatic nitrogens is 2. The molecule has 28 heavy (non-hydrogen) atoms. The highest BCUT2D eigenvalue weighted by Gasteiger charge is 2.36. The molecule has 3 aromatic rings. The molecule has 0 atom stereocenters. The molecule has 4 rings (SSSR count). The van der Waals surface area contributed by atoms with E-state index in [1.807, 2.05) is 0 Å². The Labute approximate surface area is 159 Å². The third-order valence-electron chi connectivity index (χ3n) is 4.64. The highest BCUT2D eigenvalue weighted by Crippen LogP contribution is 2.33. The van der Waals surface area contributed by atoms with Gasteiger partial charge in [0.15, 0.2) is 11.6 Å². The van der Waals surface area contributed by atoms with Crippen LogP contribution in [0.15, 0.2) is 42.6 Å². The minimum absolute atomic E-state index is 0.0807. The van der Waals surface area contributed by atoms with Gasteiger partial charge >= 0.3 is 0 Å². The van der Waals surface area contributed by atoms with Crippen molar-refractivity contribution in [3.05, 3.63) is 71.2 Å². The quantitative estimate of drug-likeness (QED) is 0.649. The van der Waals surface area contributed by atoms with Crippen molar-refractivity contribution < 1.29 is 21.6 Å². The fourth-order valence-electron chi connectivity index (χ4n) is 2.94. The number of rotatable bonds is 6. The van der Waals surface area contributed by atoms with E-state index in [-0.39, 0.29) is 23.2 Å². The van der Waals surface area contributed by atoms with Crippen molar-refractivity contribution in [1.29, 1.82) is 0 Å². The molecule has 2 N–H and O–H groups in total. The first-order valence-electron chi connectivity index (χ1n) is 8.62. The Morgan fingerprint density at radius 2 is 1.86 bits per heavy atom. The molecule has 0 amide bonds. The van der Waals surface area contributed by atoms with Crippen LogP contribution in [0.1, 0.15) is 24.0 Å². The molecular weight excluding hydrogens is 391 g/mol. The van der Waals surface area contributed by atoms with Crippen molar-refractivity contribution in [2.75, 3.05) is 4.72 Å². The summed E-state index contributed by atoms with van der Waals surface area (Å²) >= 11 is 0. The van der Waals surface area contributed by atoms with Gasteiger partial charge in [0.05, 0.1) is 16.6 Å². The first kappa shape index (κ1) is 18.5. The molecule has 0 unspecified atom stereocenters. The van der Waals surface area contributed by atoms with Gasteiger partial charge < -0.3 is 0 Å². The maximum Gasteiger partial charge on any atom is 0.235 e. The van der Waals surface area contributed by atoms with E-state index in [0.29, 0.717) is 24.1 Å². The number of aromatic amines is 1. The predicted molar refractivity (Wildman–Crippen MR) is 98.7 cm³/mol. The van der Waals surface area contributed by atoms with E-state index < -0.39 is 32.7 Å². The van der Waals surface area contributed by atoms with Crippen LogP contribution < -0.4 is 4.72 Å². The van der Waals surface area contributed by atoms with Gasteiger partial charge in [0, 0.05) is 23.7 Å². The maximum atomic E-state index is 14.6. The zero-order chi connectivity index (χ0) is 19.9. The molecule has 1 aromatic heterocycles. The standard InChI is InChI=1S/C19H16F3N3O2S/c20-15-5-6-18(25-28(26,27)13-3-4-13)14(19(15)22)9-11-1-2-12(10-16(11)21)17-7-8-23-24-17/h1-2,5-8,10,13,25H,3-4,9H2,(H,23,24). The minimum atomic E-state index is -3.67. The third kappa shape index (κ3) is 3.62. The first-order chi connectivity index (χ1) is 13.3. The molecule has 1 aliphatic rings. The number of sulfonamides is 1. The highest BCUT2D eigenvalue weighted by molar-refractivity contribution is 7.93. The molecule has 0 spiro atoms. The van der Waals surface area contributed by atoms with Crippen LogP contribution in [0.25, 0.3) is 11.3 Å². The summed E-state index contributed by atoms with van der Waals surface area (Å²) in [5.74, 6) is -2.95. The number of benzene rings is 2. The van der Waals surface area contributed by atoms with Gasteiger partial charge in [0.25, 0.3) is 0 Å². The van der Waals surface area contributed by atoms with Gasteiger partial charge in [-0.25, -0.2) is 21.6 Å². The number of halogens is 3. The summed E-state index contributed by atoms with van der Waals surface area (Å²) in [4.78, 5) is 0. The van der Waals surface area contributed by atoms with Gasteiger partial charge in [-0.15, -0.1) is 0 Å². The van der Waals surface area contributed by atoms with Gasteiger partial charge in [-0.05, 0) is 42.7 Å². The van der Waals surface area contributed by atoms with E-state index in [9.17, 15) is 21.6 Å². The Bertz CT molecular complexity index is 1130. The fourth-order valence-corrected chi connectivity index (χ4v) is 4.36. The van der Waals surface area contributed by atoms with Crippen LogP contribution >= 0.6 is 0 Å². The van der Waals surface area contributed by atoms with Gasteiger partial charge in [0.1, 0.15) is 5.82 Å². The maximum absolute atomic E-state index is 14.6. The van der Waals surface area contributed by atoms with Crippen molar-refractivity contribution in [3.63, 3.8) is 0 Å². The second-order valence-corrected chi connectivity index (χ2v) is 8.65. The molecule has 1 heterocycles. The summed E-state index contributed by atoms with van der Waals surface area (Å²) in [7, 11) is -3.67. The summed E-state index contributed by atoms with van der Waals surface area (Å²) in [5, 5.41) is 5.99. The molecule has 0 bridgehead atoms. The minimum Gasteiger partial charge on any atom is -0.283 e. The number of H-pyrrole nitrogens is 1. The predicted octanol–water partition coefficient (Wildman–Crippen LogP) is 3.99. The Hall–Kier alpha value is -2.81.